The molecule has 0 fully saturated rings. The van der Waals surface area contributed by atoms with E-state index in [0.717, 1.165) is 48.0 Å². The molecule has 0 saturated heterocycles. The van der Waals surface area contributed by atoms with Crippen LogP contribution in [0.25, 0.3) is 10.9 Å². The predicted molar refractivity (Wildman–Crippen MR) is 68.4 cm³/mol. The Bertz CT molecular complexity index is 523. The highest BCUT2D eigenvalue weighted by Gasteiger charge is 2.04. The van der Waals surface area contributed by atoms with Crippen LogP contribution in [-0.2, 0) is 6.42 Å². The highest BCUT2D eigenvalue weighted by Crippen LogP contribution is 2.19. The average Bonchev–Trinajstić information content (AvgIpc) is 2.31. The molecule has 0 aliphatic heterocycles. The first-order valence-electron chi connectivity index (χ1n) is 5.96. The molecule has 0 radical (unpaired) electrons. The summed E-state index contributed by atoms with van der Waals surface area (Å²) >= 11 is 0. The molecule has 3 heteroatoms. The fraction of sp³-hybridized carbons (Fsp3) is 0.357. The minimum Gasteiger partial charge on any atom is -0.330 e. The summed E-state index contributed by atoms with van der Waals surface area (Å²) in [4.78, 5) is 4.54. The van der Waals surface area contributed by atoms with Crippen LogP contribution in [0.1, 0.15) is 24.1 Å². The Hall–Kier alpha value is -1.48. The van der Waals surface area contributed by atoms with Gasteiger partial charge < -0.3 is 5.73 Å². The van der Waals surface area contributed by atoms with E-state index in [-0.39, 0.29) is 5.82 Å². The van der Waals surface area contributed by atoms with Crippen molar-refractivity contribution in [2.24, 2.45) is 5.73 Å². The highest BCUT2D eigenvalue weighted by atomic mass is 19.1. The number of halogens is 1. The van der Waals surface area contributed by atoms with Gasteiger partial charge in [0.05, 0.1) is 5.52 Å². The van der Waals surface area contributed by atoms with Crippen LogP contribution in [0.3, 0.4) is 0 Å². The maximum Gasteiger partial charge on any atom is 0.123 e. The molecule has 1 aromatic heterocycles. The Morgan fingerprint density at radius 1 is 1.24 bits per heavy atom. The smallest absolute Gasteiger partial charge is 0.123 e. The number of nitrogens with two attached hydrogens (primary N) is 1. The van der Waals surface area contributed by atoms with Gasteiger partial charge >= 0.3 is 0 Å². The Kier molecular flexibility index (Phi) is 3.69. The van der Waals surface area contributed by atoms with Gasteiger partial charge in [-0.1, -0.05) is 0 Å². The van der Waals surface area contributed by atoms with Crippen LogP contribution < -0.4 is 5.73 Å². The van der Waals surface area contributed by atoms with E-state index in [1.807, 2.05) is 13.0 Å². The number of aromatic nitrogens is 1. The fourth-order valence-corrected chi connectivity index (χ4v) is 2.01. The van der Waals surface area contributed by atoms with Gasteiger partial charge in [-0.3, -0.25) is 4.98 Å². The first-order valence-corrected chi connectivity index (χ1v) is 5.96. The van der Waals surface area contributed by atoms with Crippen molar-refractivity contribution in [3.8, 4) is 0 Å². The average molecular weight is 232 g/mol. The fourth-order valence-electron chi connectivity index (χ4n) is 2.01. The Morgan fingerprint density at radius 3 is 2.82 bits per heavy atom. The van der Waals surface area contributed by atoms with Gasteiger partial charge in [-0.25, -0.2) is 4.39 Å². The molecule has 2 nitrogen and oxygen atoms in total. The number of unbranched alkanes of at least 4 members (excludes halogenated alkanes) is 1. The summed E-state index contributed by atoms with van der Waals surface area (Å²) in [5.41, 5.74) is 8.48. The van der Waals surface area contributed by atoms with Crippen molar-refractivity contribution < 1.29 is 4.39 Å². The maximum absolute atomic E-state index is 13.1. The third-order valence-electron chi connectivity index (χ3n) is 2.92. The maximum atomic E-state index is 13.1. The molecule has 0 aliphatic carbocycles. The standard InChI is InChI=1S/C14H17FN2/c1-10-8-12(4-2-3-7-16)17-14-6-5-11(15)9-13(10)14/h5-6,8-9H,2-4,7,16H2,1H3. The molecule has 0 aliphatic rings. The second-order valence-electron chi connectivity index (χ2n) is 4.34. The number of benzene rings is 1. The van der Waals surface area contributed by atoms with Crippen LogP contribution in [0.4, 0.5) is 4.39 Å². The topological polar surface area (TPSA) is 38.9 Å². The van der Waals surface area contributed by atoms with Crippen molar-refractivity contribution >= 4 is 10.9 Å². The predicted octanol–water partition coefficient (Wildman–Crippen LogP) is 2.96. The third-order valence-corrected chi connectivity index (χ3v) is 2.92. The third kappa shape index (κ3) is 2.80. The van der Waals surface area contributed by atoms with Crippen molar-refractivity contribution in [2.75, 3.05) is 6.54 Å². The van der Waals surface area contributed by atoms with Crippen LogP contribution in [0.5, 0.6) is 0 Å². The molecule has 1 aromatic carbocycles. The lowest BCUT2D eigenvalue weighted by atomic mass is 10.1. The van der Waals surface area contributed by atoms with E-state index < -0.39 is 0 Å². The van der Waals surface area contributed by atoms with Crippen molar-refractivity contribution in [1.82, 2.24) is 4.98 Å². The van der Waals surface area contributed by atoms with Crippen molar-refractivity contribution in [3.63, 3.8) is 0 Å². The van der Waals surface area contributed by atoms with Gasteiger partial charge in [0.2, 0.25) is 0 Å². The summed E-state index contributed by atoms with van der Waals surface area (Å²) in [6.07, 6.45) is 3.00. The minimum atomic E-state index is -0.210. The van der Waals surface area contributed by atoms with Gasteiger partial charge in [-0.15, -0.1) is 0 Å². The molecular formula is C14H17FN2. The Balaban J connectivity index is 2.32. The second-order valence-corrected chi connectivity index (χ2v) is 4.34. The molecule has 0 saturated carbocycles. The van der Waals surface area contributed by atoms with Crippen LogP contribution in [0.15, 0.2) is 24.3 Å². The van der Waals surface area contributed by atoms with E-state index in [9.17, 15) is 4.39 Å². The zero-order chi connectivity index (χ0) is 12.3. The zero-order valence-electron chi connectivity index (χ0n) is 10.0. The number of hydrogen-bond acceptors (Lipinski definition) is 2. The highest BCUT2D eigenvalue weighted by molar-refractivity contribution is 5.82. The zero-order valence-corrected chi connectivity index (χ0v) is 10.0. The van der Waals surface area contributed by atoms with Gasteiger partial charge in [0.15, 0.2) is 0 Å². The summed E-state index contributed by atoms with van der Waals surface area (Å²) in [5, 5.41) is 0.896. The van der Waals surface area contributed by atoms with Gasteiger partial charge in [-0.05, 0) is 62.6 Å². The van der Waals surface area contributed by atoms with Gasteiger partial charge in [-0.2, -0.15) is 0 Å². The largest absolute Gasteiger partial charge is 0.330 e. The summed E-state index contributed by atoms with van der Waals surface area (Å²) in [7, 11) is 0. The molecule has 2 rings (SSSR count). The SMILES string of the molecule is Cc1cc(CCCCN)nc2ccc(F)cc12. The summed E-state index contributed by atoms with van der Waals surface area (Å²) in [6, 6.07) is 6.78. The number of aryl methyl sites for hydroxylation is 2. The van der Waals surface area contributed by atoms with Gasteiger partial charge in [0, 0.05) is 11.1 Å². The molecule has 1 heterocycles. The van der Waals surface area contributed by atoms with Crippen molar-refractivity contribution in [1.29, 1.82) is 0 Å². The van der Waals surface area contributed by atoms with Crippen LogP contribution in [-0.4, -0.2) is 11.5 Å². The van der Waals surface area contributed by atoms with E-state index >= 15 is 0 Å². The molecule has 0 unspecified atom stereocenters. The van der Waals surface area contributed by atoms with Crippen LogP contribution in [0.2, 0.25) is 0 Å². The first kappa shape index (κ1) is 12.0. The normalized spacial score (nSPS) is 11.0. The lowest BCUT2D eigenvalue weighted by Crippen LogP contribution is -2.00. The second kappa shape index (κ2) is 5.23. The van der Waals surface area contributed by atoms with Crippen LogP contribution in [0, 0.1) is 12.7 Å². The van der Waals surface area contributed by atoms with E-state index in [2.05, 4.69) is 4.98 Å². The van der Waals surface area contributed by atoms with Gasteiger partial charge in [0.1, 0.15) is 5.82 Å². The minimum absolute atomic E-state index is 0.210. The number of hydrogen-bond donors (Lipinski definition) is 1. The van der Waals surface area contributed by atoms with E-state index in [4.69, 9.17) is 5.73 Å². The molecule has 0 bridgehead atoms. The van der Waals surface area contributed by atoms with Gasteiger partial charge in [0.25, 0.3) is 0 Å². The summed E-state index contributed by atoms with van der Waals surface area (Å²) in [6.45, 7) is 2.72. The number of rotatable bonds is 4. The van der Waals surface area contributed by atoms with E-state index in [0.29, 0.717) is 0 Å². The quantitative estimate of drug-likeness (QED) is 0.823. The van der Waals surface area contributed by atoms with Crippen LogP contribution >= 0.6 is 0 Å². The Morgan fingerprint density at radius 2 is 2.06 bits per heavy atom. The summed E-state index contributed by atoms with van der Waals surface area (Å²) < 4.78 is 13.1. The molecular weight excluding hydrogens is 215 g/mol. The lowest BCUT2D eigenvalue weighted by molar-refractivity contribution is 0.629. The molecule has 90 valence electrons. The molecule has 0 spiro atoms. The number of pyridine rings is 1. The first-order chi connectivity index (χ1) is 8.20. The van der Waals surface area contributed by atoms with E-state index in [1.54, 1.807) is 12.1 Å². The monoisotopic (exact) mass is 232 g/mol. The molecule has 2 aromatic rings. The summed E-state index contributed by atoms with van der Waals surface area (Å²) in [5.74, 6) is -0.210. The van der Waals surface area contributed by atoms with Crippen molar-refractivity contribution in [2.45, 2.75) is 26.2 Å². The number of nitrogens with zero attached hydrogens (tertiary/aromatic N) is 1. The molecule has 17 heavy (non-hydrogen) atoms. The molecule has 0 amide bonds. The van der Waals surface area contributed by atoms with Crippen molar-refractivity contribution in [3.05, 3.63) is 41.3 Å². The molecule has 0 atom stereocenters. The number of fused-ring (bicyclic) bond motifs is 1. The molecule has 2 N–H and O–H groups in total. The lowest BCUT2D eigenvalue weighted by Gasteiger charge is -2.06. The Labute approximate surface area is 101 Å². The van der Waals surface area contributed by atoms with E-state index in [1.165, 1.54) is 6.07 Å².